The molecule has 2 atom stereocenters. The monoisotopic (exact) mass is 388 g/mol. The fourth-order valence-corrected chi connectivity index (χ4v) is 3.81. The molecule has 1 aliphatic rings. The highest BCUT2D eigenvalue weighted by atomic mass is 16.5. The minimum Gasteiger partial charge on any atom is -0.456 e. The third-order valence-electron chi connectivity index (χ3n) is 5.47. The summed E-state index contributed by atoms with van der Waals surface area (Å²) < 4.78 is 6.72. The molecule has 2 aromatic rings. The lowest BCUT2D eigenvalue weighted by molar-refractivity contribution is -0.148. The molecule has 2 heterocycles. The van der Waals surface area contributed by atoms with Crippen molar-refractivity contribution in [3.8, 4) is 0 Å². The number of aryl methyl sites for hydroxylation is 2. The van der Waals surface area contributed by atoms with Gasteiger partial charge in [-0.3, -0.25) is 9.59 Å². The number of anilines is 1. The van der Waals surface area contributed by atoms with Gasteiger partial charge in [0.2, 0.25) is 5.95 Å². The number of carbonyl (C=O) groups is 2. The predicted molar refractivity (Wildman–Crippen MR) is 104 cm³/mol. The van der Waals surface area contributed by atoms with Gasteiger partial charge >= 0.3 is 5.97 Å². The van der Waals surface area contributed by atoms with Crippen molar-refractivity contribution in [3.63, 3.8) is 0 Å². The number of carbonyl (C=O) groups excluding carboxylic acids is 2. The number of hydrogen-bond acceptors (Lipinski definition) is 7. The van der Waals surface area contributed by atoms with Crippen molar-refractivity contribution in [3.05, 3.63) is 17.0 Å². The van der Waals surface area contributed by atoms with Crippen LogP contribution in [0.4, 0.5) is 5.95 Å². The molecule has 9 heteroatoms. The van der Waals surface area contributed by atoms with Crippen LogP contribution >= 0.6 is 0 Å². The second-order valence-electron chi connectivity index (χ2n) is 7.54. The van der Waals surface area contributed by atoms with Crippen LogP contribution in [0.25, 0.3) is 5.78 Å². The molecule has 0 aliphatic heterocycles. The molecule has 3 N–H and O–H groups in total. The molecule has 2 unspecified atom stereocenters. The number of nitrogen functional groups attached to an aromatic ring is 1. The van der Waals surface area contributed by atoms with Gasteiger partial charge < -0.3 is 15.8 Å². The van der Waals surface area contributed by atoms with E-state index in [1.165, 1.54) is 6.42 Å². The van der Waals surface area contributed by atoms with Gasteiger partial charge in [0.15, 0.2) is 6.61 Å². The van der Waals surface area contributed by atoms with Crippen LogP contribution in [0, 0.1) is 19.8 Å². The van der Waals surface area contributed by atoms with E-state index in [-0.39, 0.29) is 30.9 Å². The molecule has 0 aromatic carbocycles. The first-order valence-corrected chi connectivity index (χ1v) is 9.78. The number of rotatable bonds is 6. The number of nitrogens with one attached hydrogen (secondary N) is 1. The molecule has 1 saturated carbocycles. The van der Waals surface area contributed by atoms with E-state index in [0.29, 0.717) is 18.1 Å². The zero-order valence-electron chi connectivity index (χ0n) is 16.7. The summed E-state index contributed by atoms with van der Waals surface area (Å²) in [5.41, 5.74) is 8.14. The first-order chi connectivity index (χ1) is 13.3. The number of nitrogens with zero attached hydrogens (tertiary/aromatic N) is 4. The number of ether oxygens (including phenoxy) is 1. The molecular formula is C19H28N6O3. The summed E-state index contributed by atoms with van der Waals surface area (Å²) in [5.74, 6) is 0.411. The molecule has 3 rings (SSSR count). The summed E-state index contributed by atoms with van der Waals surface area (Å²) in [7, 11) is 0. The summed E-state index contributed by atoms with van der Waals surface area (Å²) in [4.78, 5) is 32.6. The van der Waals surface area contributed by atoms with Crippen LogP contribution < -0.4 is 11.1 Å². The summed E-state index contributed by atoms with van der Waals surface area (Å²) in [6, 6.07) is 0.179. The Hall–Kier alpha value is -2.71. The fraction of sp³-hybridized carbons (Fsp3) is 0.632. The zero-order chi connectivity index (χ0) is 20.3. The van der Waals surface area contributed by atoms with Gasteiger partial charge in [-0.25, -0.2) is 4.98 Å². The first kappa shape index (κ1) is 20.0. The summed E-state index contributed by atoms with van der Waals surface area (Å²) >= 11 is 0. The number of fused-ring (bicyclic) bond motifs is 1. The molecule has 1 amide bonds. The molecule has 0 bridgehead atoms. The van der Waals surface area contributed by atoms with Gasteiger partial charge in [-0.2, -0.15) is 9.50 Å². The summed E-state index contributed by atoms with van der Waals surface area (Å²) in [5, 5.41) is 7.10. The number of hydrogen-bond donors (Lipinski definition) is 2. The Morgan fingerprint density at radius 1 is 1.25 bits per heavy atom. The van der Waals surface area contributed by atoms with Gasteiger partial charge in [0, 0.05) is 23.9 Å². The van der Waals surface area contributed by atoms with Crippen molar-refractivity contribution < 1.29 is 14.3 Å². The Morgan fingerprint density at radius 2 is 2.00 bits per heavy atom. The van der Waals surface area contributed by atoms with E-state index in [1.54, 1.807) is 4.52 Å². The van der Waals surface area contributed by atoms with Crippen LogP contribution in [0.3, 0.4) is 0 Å². The van der Waals surface area contributed by atoms with Crippen molar-refractivity contribution >= 4 is 23.6 Å². The van der Waals surface area contributed by atoms with Gasteiger partial charge in [-0.05, 0) is 44.6 Å². The van der Waals surface area contributed by atoms with E-state index >= 15 is 0 Å². The van der Waals surface area contributed by atoms with Crippen molar-refractivity contribution in [1.82, 2.24) is 24.9 Å². The molecule has 0 radical (unpaired) electrons. The third-order valence-corrected chi connectivity index (χ3v) is 5.47. The van der Waals surface area contributed by atoms with Crippen LogP contribution in [0.1, 0.15) is 56.0 Å². The van der Waals surface area contributed by atoms with E-state index < -0.39 is 5.97 Å². The van der Waals surface area contributed by atoms with Crippen molar-refractivity contribution in [1.29, 1.82) is 0 Å². The molecule has 9 nitrogen and oxygen atoms in total. The second kappa shape index (κ2) is 8.53. The Kier molecular flexibility index (Phi) is 6.11. The lowest BCUT2D eigenvalue weighted by atomic mass is 9.86. The normalized spacial score (nSPS) is 19.5. The number of aromatic nitrogens is 4. The van der Waals surface area contributed by atoms with E-state index in [2.05, 4.69) is 27.3 Å². The Morgan fingerprint density at radius 3 is 2.75 bits per heavy atom. The first-order valence-electron chi connectivity index (χ1n) is 9.78. The second-order valence-corrected chi connectivity index (χ2v) is 7.54. The fourth-order valence-electron chi connectivity index (χ4n) is 3.81. The number of esters is 1. The van der Waals surface area contributed by atoms with Crippen LogP contribution in [-0.2, 0) is 20.7 Å². The number of nitrogens with two attached hydrogens (primary N) is 1. The van der Waals surface area contributed by atoms with Crippen molar-refractivity contribution in [2.45, 2.75) is 65.3 Å². The lowest BCUT2D eigenvalue weighted by Crippen LogP contribution is -2.42. The smallest absolute Gasteiger partial charge is 0.306 e. The quantitative estimate of drug-likeness (QED) is 0.718. The van der Waals surface area contributed by atoms with Crippen LogP contribution in [0.5, 0.6) is 0 Å². The maximum Gasteiger partial charge on any atom is 0.306 e. The highest BCUT2D eigenvalue weighted by Crippen LogP contribution is 2.23. The van der Waals surface area contributed by atoms with Gasteiger partial charge in [-0.1, -0.05) is 19.8 Å². The topological polar surface area (TPSA) is 124 Å². The van der Waals surface area contributed by atoms with E-state index in [4.69, 9.17) is 10.5 Å². The van der Waals surface area contributed by atoms with Gasteiger partial charge in [0.05, 0.1) is 0 Å². The van der Waals surface area contributed by atoms with Gasteiger partial charge in [0.1, 0.15) is 0 Å². The minimum atomic E-state index is -0.413. The predicted octanol–water partition coefficient (Wildman–Crippen LogP) is 1.49. The molecule has 1 aliphatic carbocycles. The minimum absolute atomic E-state index is 0.157. The van der Waals surface area contributed by atoms with E-state index in [0.717, 1.165) is 36.2 Å². The maximum atomic E-state index is 12.1. The maximum absolute atomic E-state index is 12.1. The van der Waals surface area contributed by atoms with Crippen LogP contribution in [0.2, 0.25) is 0 Å². The number of amides is 1. The standard InChI is InChI=1S/C19H28N6O3/c1-11-6-4-5-7-15(11)22-16(26)10-28-17(27)9-8-14-12(2)21-19-23-18(20)24-25(19)13(14)3/h11,15H,4-10H2,1-3H3,(H2,20,24)(H,22,26). The molecular weight excluding hydrogens is 360 g/mol. The average Bonchev–Trinajstić information content (AvgIpc) is 3.02. The Labute approximate surface area is 164 Å². The van der Waals surface area contributed by atoms with Crippen LogP contribution in [0.15, 0.2) is 0 Å². The average molecular weight is 388 g/mol. The van der Waals surface area contributed by atoms with Crippen LogP contribution in [-0.4, -0.2) is 44.1 Å². The van der Waals surface area contributed by atoms with Crippen molar-refractivity contribution in [2.75, 3.05) is 12.3 Å². The van der Waals surface area contributed by atoms with E-state index in [9.17, 15) is 9.59 Å². The zero-order valence-corrected chi connectivity index (χ0v) is 16.7. The molecule has 28 heavy (non-hydrogen) atoms. The Bertz CT molecular complexity index is 878. The molecule has 152 valence electrons. The Balaban J connectivity index is 1.50. The molecule has 0 saturated heterocycles. The molecule has 0 spiro atoms. The third kappa shape index (κ3) is 4.58. The van der Waals surface area contributed by atoms with E-state index in [1.807, 2.05) is 13.8 Å². The highest BCUT2D eigenvalue weighted by Gasteiger charge is 2.23. The lowest BCUT2D eigenvalue weighted by Gasteiger charge is -2.29. The van der Waals surface area contributed by atoms with Gasteiger partial charge in [-0.15, -0.1) is 5.10 Å². The van der Waals surface area contributed by atoms with Crippen molar-refractivity contribution in [2.24, 2.45) is 5.92 Å². The SMILES string of the molecule is Cc1nc2nc(N)nn2c(C)c1CCC(=O)OCC(=O)NC1CCCCC1C. The summed E-state index contributed by atoms with van der Waals surface area (Å²) in [6.45, 7) is 5.65. The summed E-state index contributed by atoms with van der Waals surface area (Å²) in [6.07, 6.45) is 5.06. The van der Waals surface area contributed by atoms with Gasteiger partial charge in [0.25, 0.3) is 11.7 Å². The molecule has 1 fully saturated rings. The highest BCUT2D eigenvalue weighted by molar-refractivity contribution is 5.80. The largest absolute Gasteiger partial charge is 0.456 e. The molecule has 2 aromatic heterocycles.